The number of nitrogens with zero attached hydrogens (tertiary/aromatic N) is 4. The van der Waals surface area contributed by atoms with Crippen LogP contribution in [0.3, 0.4) is 0 Å². The van der Waals surface area contributed by atoms with E-state index in [0.717, 1.165) is 27.7 Å². The second-order valence-corrected chi connectivity index (χ2v) is 8.66. The monoisotopic (exact) mass is 464 g/mol. The van der Waals surface area contributed by atoms with Crippen molar-refractivity contribution in [1.29, 1.82) is 0 Å². The minimum absolute atomic E-state index is 0.0569. The quantitative estimate of drug-likeness (QED) is 0.436. The molecule has 0 atom stereocenters. The van der Waals surface area contributed by atoms with Gasteiger partial charge < -0.3 is 19.0 Å². The van der Waals surface area contributed by atoms with Crippen LogP contribution in [0, 0.1) is 0 Å². The van der Waals surface area contributed by atoms with Crippen molar-refractivity contribution in [2.24, 2.45) is 0 Å². The third kappa shape index (κ3) is 4.36. The summed E-state index contributed by atoms with van der Waals surface area (Å²) in [6, 6.07) is 9.52. The molecule has 1 fully saturated rings. The zero-order chi connectivity index (χ0) is 22.8. The van der Waals surface area contributed by atoms with E-state index in [4.69, 9.17) is 14.1 Å². The van der Waals surface area contributed by atoms with E-state index < -0.39 is 0 Å². The summed E-state index contributed by atoms with van der Waals surface area (Å²) < 4.78 is 12.5. The average Bonchev–Trinajstić information content (AvgIpc) is 3.59. The first kappa shape index (κ1) is 21.3. The molecule has 0 bridgehead atoms. The maximum atomic E-state index is 13.0. The third-order valence-electron chi connectivity index (χ3n) is 5.76. The van der Waals surface area contributed by atoms with E-state index in [1.165, 1.54) is 23.9 Å². The van der Waals surface area contributed by atoms with Crippen LogP contribution in [0.1, 0.15) is 23.0 Å². The van der Waals surface area contributed by atoms with Crippen LogP contribution in [-0.2, 0) is 11.2 Å². The first-order valence-electron chi connectivity index (χ1n) is 10.9. The van der Waals surface area contributed by atoms with Crippen molar-refractivity contribution in [2.75, 3.05) is 32.8 Å². The molecule has 0 unspecified atom stereocenters. The topological polar surface area (TPSA) is 80.3 Å². The summed E-state index contributed by atoms with van der Waals surface area (Å²) in [6.07, 6.45) is 5.22. The molecule has 0 aliphatic carbocycles. The predicted molar refractivity (Wildman–Crippen MR) is 125 cm³/mol. The van der Waals surface area contributed by atoms with Gasteiger partial charge in [0.15, 0.2) is 4.96 Å². The van der Waals surface area contributed by atoms with Crippen LogP contribution in [-0.4, -0.2) is 63.8 Å². The minimum Gasteiger partial charge on any atom is -0.494 e. The van der Waals surface area contributed by atoms with Gasteiger partial charge in [0, 0.05) is 49.0 Å². The summed E-state index contributed by atoms with van der Waals surface area (Å²) in [5.74, 6) is 0.831. The van der Waals surface area contributed by atoms with Crippen LogP contribution in [0.5, 0.6) is 5.75 Å². The maximum absolute atomic E-state index is 13.0. The number of imidazole rings is 1. The molecular formula is C24H24N4O4S. The number of furan rings is 1. The van der Waals surface area contributed by atoms with Crippen LogP contribution in [0.15, 0.2) is 58.9 Å². The van der Waals surface area contributed by atoms with E-state index in [2.05, 4.69) is 0 Å². The molecule has 1 aliphatic rings. The molecule has 5 rings (SSSR count). The highest BCUT2D eigenvalue weighted by molar-refractivity contribution is 7.15. The van der Waals surface area contributed by atoms with Crippen molar-refractivity contribution < 1.29 is 18.7 Å². The van der Waals surface area contributed by atoms with Crippen molar-refractivity contribution in [3.05, 3.63) is 65.7 Å². The maximum Gasteiger partial charge on any atom is 0.257 e. The second-order valence-electron chi connectivity index (χ2n) is 7.82. The molecule has 0 radical (unpaired) electrons. The Labute approximate surface area is 195 Å². The van der Waals surface area contributed by atoms with Gasteiger partial charge in [-0.05, 0) is 37.3 Å². The summed E-state index contributed by atoms with van der Waals surface area (Å²) in [5.41, 5.74) is 3.33. The lowest BCUT2D eigenvalue weighted by Crippen LogP contribution is -2.51. The number of fused-ring (bicyclic) bond motifs is 1. The molecule has 1 aromatic carbocycles. The Bertz CT molecular complexity index is 1250. The Morgan fingerprint density at radius 3 is 2.55 bits per heavy atom. The van der Waals surface area contributed by atoms with Crippen LogP contribution >= 0.6 is 11.3 Å². The van der Waals surface area contributed by atoms with E-state index in [1.807, 2.05) is 52.1 Å². The smallest absolute Gasteiger partial charge is 0.257 e. The fourth-order valence-electron chi connectivity index (χ4n) is 3.98. The van der Waals surface area contributed by atoms with Crippen molar-refractivity contribution in [1.82, 2.24) is 19.2 Å². The van der Waals surface area contributed by atoms with Crippen molar-refractivity contribution in [2.45, 2.75) is 13.3 Å². The zero-order valence-electron chi connectivity index (χ0n) is 18.3. The lowest BCUT2D eigenvalue weighted by atomic mass is 10.1. The average molecular weight is 465 g/mol. The molecule has 1 saturated heterocycles. The molecule has 8 nitrogen and oxygen atoms in total. The number of thiazole rings is 1. The molecule has 9 heteroatoms. The summed E-state index contributed by atoms with van der Waals surface area (Å²) in [5, 5.41) is 1.99. The molecule has 0 spiro atoms. The summed E-state index contributed by atoms with van der Waals surface area (Å²) in [6.45, 7) is 4.67. The molecule has 2 amide bonds. The number of amides is 2. The Hall–Kier alpha value is -3.59. The minimum atomic E-state index is -0.0596. The molecule has 170 valence electrons. The first-order chi connectivity index (χ1) is 16.1. The molecule has 4 heterocycles. The zero-order valence-corrected chi connectivity index (χ0v) is 19.1. The molecule has 33 heavy (non-hydrogen) atoms. The fourth-order valence-corrected chi connectivity index (χ4v) is 4.85. The number of rotatable bonds is 6. The number of benzene rings is 1. The number of hydrogen-bond donors (Lipinski definition) is 0. The molecule has 0 N–H and O–H groups in total. The van der Waals surface area contributed by atoms with Gasteiger partial charge in [0.05, 0.1) is 30.5 Å². The molecule has 4 aromatic rings. The van der Waals surface area contributed by atoms with Gasteiger partial charge in [-0.25, -0.2) is 4.98 Å². The predicted octanol–water partition coefficient (Wildman–Crippen LogP) is 3.58. The van der Waals surface area contributed by atoms with Crippen molar-refractivity contribution >= 4 is 28.1 Å². The summed E-state index contributed by atoms with van der Waals surface area (Å²) in [4.78, 5) is 34.6. The largest absolute Gasteiger partial charge is 0.494 e. The Kier molecular flexibility index (Phi) is 5.87. The van der Waals surface area contributed by atoms with Crippen molar-refractivity contribution in [3.8, 4) is 17.0 Å². The van der Waals surface area contributed by atoms with E-state index in [0.29, 0.717) is 44.8 Å². The number of aromatic nitrogens is 2. The highest BCUT2D eigenvalue weighted by atomic mass is 32.1. The van der Waals surface area contributed by atoms with E-state index >= 15 is 0 Å². The van der Waals surface area contributed by atoms with Crippen LogP contribution < -0.4 is 4.74 Å². The highest BCUT2D eigenvalue weighted by Gasteiger charge is 2.26. The molecular weight excluding hydrogens is 440 g/mol. The highest BCUT2D eigenvalue weighted by Crippen LogP contribution is 2.26. The number of hydrogen-bond acceptors (Lipinski definition) is 6. The molecule has 1 aliphatic heterocycles. The second kappa shape index (κ2) is 9.11. The SMILES string of the molecule is CCOc1ccc(-c2cn3c(CC(=O)N4CCN(C(=O)c5ccoc5)CC4)csc3n2)cc1. The molecule has 0 saturated carbocycles. The lowest BCUT2D eigenvalue weighted by Gasteiger charge is -2.34. The molecule has 3 aromatic heterocycles. The number of piperazine rings is 1. The van der Waals surface area contributed by atoms with Gasteiger partial charge in [-0.15, -0.1) is 11.3 Å². The van der Waals surface area contributed by atoms with Crippen LogP contribution in [0.4, 0.5) is 0 Å². The Morgan fingerprint density at radius 2 is 1.85 bits per heavy atom. The van der Waals surface area contributed by atoms with E-state index in [9.17, 15) is 9.59 Å². The third-order valence-corrected chi connectivity index (χ3v) is 6.65. The normalized spacial score (nSPS) is 14.1. The Balaban J connectivity index is 1.23. The van der Waals surface area contributed by atoms with Gasteiger partial charge in [0.25, 0.3) is 5.91 Å². The van der Waals surface area contributed by atoms with Crippen molar-refractivity contribution in [3.63, 3.8) is 0 Å². The Morgan fingerprint density at radius 1 is 1.09 bits per heavy atom. The standard InChI is InChI=1S/C24H24N4O4S/c1-2-32-20-5-3-17(4-6-20)21-14-28-19(16-33-24(28)25-21)13-22(29)26-8-10-27(11-9-26)23(30)18-7-12-31-15-18/h3-7,12,14-16H,2,8-11,13H2,1H3. The first-order valence-corrected chi connectivity index (χ1v) is 11.8. The number of ether oxygens (including phenoxy) is 1. The summed E-state index contributed by atoms with van der Waals surface area (Å²) in [7, 11) is 0. The van der Waals surface area contributed by atoms with Crippen LogP contribution in [0.25, 0.3) is 16.2 Å². The number of carbonyl (C=O) groups excluding carboxylic acids is 2. The number of carbonyl (C=O) groups is 2. The summed E-state index contributed by atoms with van der Waals surface area (Å²) >= 11 is 1.53. The van der Waals surface area contributed by atoms with Gasteiger partial charge in [-0.1, -0.05) is 0 Å². The fraction of sp³-hybridized carbons (Fsp3) is 0.292. The van der Waals surface area contributed by atoms with Gasteiger partial charge in [-0.3, -0.25) is 14.0 Å². The van der Waals surface area contributed by atoms with Crippen LogP contribution in [0.2, 0.25) is 0 Å². The van der Waals surface area contributed by atoms with E-state index in [-0.39, 0.29) is 11.8 Å². The van der Waals surface area contributed by atoms with Gasteiger partial charge >= 0.3 is 0 Å². The van der Waals surface area contributed by atoms with Gasteiger partial charge in [0.1, 0.15) is 12.0 Å². The van der Waals surface area contributed by atoms with Gasteiger partial charge in [0.2, 0.25) is 5.91 Å². The lowest BCUT2D eigenvalue weighted by molar-refractivity contribution is -0.132. The van der Waals surface area contributed by atoms with Gasteiger partial charge in [-0.2, -0.15) is 0 Å². The van der Waals surface area contributed by atoms with E-state index in [1.54, 1.807) is 11.0 Å².